The predicted molar refractivity (Wildman–Crippen MR) is 97.1 cm³/mol. The van der Waals surface area contributed by atoms with Gasteiger partial charge in [-0.3, -0.25) is 4.90 Å². The number of fused-ring (bicyclic) bond motifs is 2. The van der Waals surface area contributed by atoms with Gasteiger partial charge in [-0.2, -0.15) is 23.5 Å². The van der Waals surface area contributed by atoms with Crippen molar-refractivity contribution >= 4 is 23.5 Å². The van der Waals surface area contributed by atoms with E-state index in [4.69, 9.17) is 0 Å². The molecule has 0 bridgehead atoms. The first-order valence-corrected chi connectivity index (χ1v) is 10.8. The smallest absolute Gasteiger partial charge is 0.0678 e. The van der Waals surface area contributed by atoms with Crippen LogP contribution in [0.15, 0.2) is 24.3 Å². The zero-order chi connectivity index (χ0) is 15.0. The van der Waals surface area contributed by atoms with Gasteiger partial charge in [0.15, 0.2) is 0 Å². The molecule has 0 amide bonds. The number of aliphatic hydroxyl groups excluding tert-OH is 1. The standard InChI is InChI=1S/C18H25NOS2/c20-17-11-14-3-1-2-4-16(14)18(17)5-7-19(8-6-18)15-12-21-9-10-22-13-15/h1-4,15,17,20H,5-13H2. The summed E-state index contributed by atoms with van der Waals surface area (Å²) in [4.78, 5) is 2.70. The molecule has 1 aromatic rings. The highest BCUT2D eigenvalue weighted by Crippen LogP contribution is 2.46. The molecule has 1 aromatic carbocycles. The lowest BCUT2D eigenvalue weighted by Gasteiger charge is -2.44. The molecule has 120 valence electrons. The third-order valence-electron chi connectivity index (χ3n) is 5.80. The van der Waals surface area contributed by atoms with Gasteiger partial charge in [-0.15, -0.1) is 0 Å². The SMILES string of the molecule is OC1Cc2ccccc2C12CCN(C1CSCCSC1)CC2. The van der Waals surface area contributed by atoms with E-state index in [0.29, 0.717) is 0 Å². The minimum absolute atomic E-state index is 0.0398. The number of thioether (sulfide) groups is 2. The first-order chi connectivity index (χ1) is 10.8. The zero-order valence-electron chi connectivity index (χ0n) is 13.0. The van der Waals surface area contributed by atoms with Gasteiger partial charge in [0, 0.05) is 34.5 Å². The molecule has 1 atom stereocenters. The molecule has 3 aliphatic rings. The molecule has 0 aromatic heterocycles. The van der Waals surface area contributed by atoms with Crippen LogP contribution in [0.4, 0.5) is 0 Å². The first kappa shape index (κ1) is 15.4. The minimum Gasteiger partial charge on any atom is -0.392 e. The Morgan fingerprint density at radius 2 is 1.73 bits per heavy atom. The molecule has 1 N–H and O–H groups in total. The average molecular weight is 336 g/mol. The lowest BCUT2D eigenvalue weighted by molar-refractivity contribution is 0.0361. The number of hydrogen-bond donors (Lipinski definition) is 1. The maximum atomic E-state index is 10.7. The third-order valence-corrected chi connectivity index (χ3v) is 8.29. The highest BCUT2D eigenvalue weighted by atomic mass is 32.2. The van der Waals surface area contributed by atoms with E-state index >= 15 is 0 Å². The largest absolute Gasteiger partial charge is 0.392 e. The number of nitrogens with zero attached hydrogens (tertiary/aromatic N) is 1. The van der Waals surface area contributed by atoms with Crippen molar-refractivity contribution < 1.29 is 5.11 Å². The van der Waals surface area contributed by atoms with Crippen LogP contribution in [0.1, 0.15) is 24.0 Å². The van der Waals surface area contributed by atoms with Gasteiger partial charge in [0.05, 0.1) is 6.10 Å². The molecule has 2 nitrogen and oxygen atoms in total. The van der Waals surface area contributed by atoms with E-state index in [1.54, 1.807) is 0 Å². The first-order valence-electron chi connectivity index (χ1n) is 8.45. The molecule has 22 heavy (non-hydrogen) atoms. The fraction of sp³-hybridized carbons (Fsp3) is 0.667. The van der Waals surface area contributed by atoms with Crippen molar-refractivity contribution in [2.45, 2.75) is 36.8 Å². The molecule has 2 saturated heterocycles. The summed E-state index contributed by atoms with van der Waals surface area (Å²) < 4.78 is 0. The minimum atomic E-state index is -0.176. The number of likely N-dealkylation sites (tertiary alicyclic amines) is 1. The van der Waals surface area contributed by atoms with Crippen molar-refractivity contribution in [2.75, 3.05) is 36.1 Å². The average Bonchev–Trinajstić information content (AvgIpc) is 2.75. The van der Waals surface area contributed by atoms with Gasteiger partial charge >= 0.3 is 0 Å². The molecule has 4 rings (SSSR count). The number of benzene rings is 1. The fourth-order valence-corrected chi connectivity index (χ4v) is 7.10. The molecule has 4 heteroatoms. The van der Waals surface area contributed by atoms with Crippen LogP contribution in [-0.2, 0) is 11.8 Å². The normalized spacial score (nSPS) is 29.4. The summed E-state index contributed by atoms with van der Waals surface area (Å²) in [6.07, 6.45) is 2.92. The summed E-state index contributed by atoms with van der Waals surface area (Å²) in [5.74, 6) is 5.20. The van der Waals surface area contributed by atoms with Gasteiger partial charge in [0.25, 0.3) is 0 Å². The van der Waals surface area contributed by atoms with Crippen LogP contribution in [0.5, 0.6) is 0 Å². The van der Waals surface area contributed by atoms with Crippen LogP contribution in [0.25, 0.3) is 0 Å². The summed E-state index contributed by atoms with van der Waals surface area (Å²) >= 11 is 4.24. The summed E-state index contributed by atoms with van der Waals surface area (Å²) in [6, 6.07) is 9.46. The van der Waals surface area contributed by atoms with Crippen molar-refractivity contribution in [1.82, 2.24) is 4.90 Å². The van der Waals surface area contributed by atoms with E-state index in [2.05, 4.69) is 52.7 Å². The Balaban J connectivity index is 1.49. The summed E-state index contributed by atoms with van der Waals surface area (Å²) in [7, 11) is 0. The van der Waals surface area contributed by atoms with E-state index in [1.807, 2.05) is 0 Å². The third kappa shape index (κ3) is 2.62. The van der Waals surface area contributed by atoms with E-state index < -0.39 is 0 Å². The Bertz CT molecular complexity index is 520. The van der Waals surface area contributed by atoms with Gasteiger partial charge in [-0.25, -0.2) is 0 Å². The van der Waals surface area contributed by atoms with Gasteiger partial charge in [0.1, 0.15) is 0 Å². The quantitative estimate of drug-likeness (QED) is 0.852. The number of piperidine rings is 1. The molecular weight excluding hydrogens is 310 g/mol. The topological polar surface area (TPSA) is 23.5 Å². The highest BCUT2D eigenvalue weighted by Gasteiger charge is 2.48. The van der Waals surface area contributed by atoms with Crippen LogP contribution in [-0.4, -0.2) is 58.3 Å². The highest BCUT2D eigenvalue weighted by molar-refractivity contribution is 8.03. The Hall–Kier alpha value is -0.160. The molecule has 2 fully saturated rings. The van der Waals surface area contributed by atoms with Crippen molar-refractivity contribution in [3.63, 3.8) is 0 Å². The number of rotatable bonds is 1. The van der Waals surface area contributed by atoms with Gasteiger partial charge < -0.3 is 5.11 Å². The van der Waals surface area contributed by atoms with Crippen molar-refractivity contribution in [2.24, 2.45) is 0 Å². The Morgan fingerprint density at radius 1 is 1.05 bits per heavy atom. The predicted octanol–water partition coefficient (Wildman–Crippen LogP) is 2.79. The second-order valence-corrected chi connectivity index (χ2v) is 9.17. The Kier molecular flexibility index (Phi) is 4.46. The molecular formula is C18H25NOS2. The van der Waals surface area contributed by atoms with E-state index in [0.717, 1.165) is 38.4 Å². The monoisotopic (exact) mass is 335 g/mol. The second-order valence-electron chi connectivity index (χ2n) is 6.87. The Morgan fingerprint density at radius 3 is 2.45 bits per heavy atom. The lowest BCUT2D eigenvalue weighted by Crippen LogP contribution is -2.51. The Labute approximate surface area is 142 Å². The van der Waals surface area contributed by atoms with Crippen molar-refractivity contribution in [3.8, 4) is 0 Å². The van der Waals surface area contributed by atoms with Crippen LogP contribution in [0.2, 0.25) is 0 Å². The van der Waals surface area contributed by atoms with Gasteiger partial charge in [-0.05, 0) is 43.5 Å². The van der Waals surface area contributed by atoms with E-state index in [-0.39, 0.29) is 11.5 Å². The maximum absolute atomic E-state index is 10.7. The van der Waals surface area contributed by atoms with Crippen LogP contribution in [0, 0.1) is 0 Å². The van der Waals surface area contributed by atoms with Gasteiger partial charge in [0.2, 0.25) is 0 Å². The number of hydrogen-bond acceptors (Lipinski definition) is 4. The van der Waals surface area contributed by atoms with Crippen molar-refractivity contribution in [1.29, 1.82) is 0 Å². The molecule has 2 aliphatic heterocycles. The second kappa shape index (κ2) is 6.39. The molecule has 2 heterocycles. The summed E-state index contributed by atoms with van der Waals surface area (Å²) in [6.45, 7) is 2.30. The molecule has 0 saturated carbocycles. The van der Waals surface area contributed by atoms with Crippen LogP contribution < -0.4 is 0 Å². The van der Waals surface area contributed by atoms with Gasteiger partial charge in [-0.1, -0.05) is 24.3 Å². The molecule has 1 unspecified atom stereocenters. The summed E-state index contributed by atoms with van der Waals surface area (Å²) in [5, 5.41) is 10.7. The maximum Gasteiger partial charge on any atom is 0.0678 e. The van der Waals surface area contributed by atoms with E-state index in [9.17, 15) is 5.11 Å². The molecule has 1 aliphatic carbocycles. The van der Waals surface area contributed by atoms with E-state index in [1.165, 1.54) is 34.1 Å². The molecule has 1 spiro atoms. The lowest BCUT2D eigenvalue weighted by atomic mass is 9.72. The van der Waals surface area contributed by atoms with Crippen LogP contribution in [0.3, 0.4) is 0 Å². The fourth-order valence-electron chi connectivity index (χ4n) is 4.47. The van der Waals surface area contributed by atoms with Crippen LogP contribution >= 0.6 is 23.5 Å². The number of aliphatic hydroxyl groups is 1. The molecule has 0 radical (unpaired) electrons. The zero-order valence-corrected chi connectivity index (χ0v) is 14.7. The van der Waals surface area contributed by atoms with Crippen molar-refractivity contribution in [3.05, 3.63) is 35.4 Å². The summed E-state index contributed by atoms with van der Waals surface area (Å²) in [5.41, 5.74) is 2.86.